The van der Waals surface area contributed by atoms with Crippen molar-refractivity contribution in [2.45, 2.75) is 19.9 Å². The second kappa shape index (κ2) is 9.30. The monoisotopic (exact) mass is 464 g/mol. The number of hydrogen-bond acceptors (Lipinski definition) is 8. The molecule has 1 fully saturated rings. The van der Waals surface area contributed by atoms with Crippen LogP contribution in [0, 0.1) is 6.92 Å². The molecular formula is C25H24N2O7. The van der Waals surface area contributed by atoms with Gasteiger partial charge < -0.3 is 23.8 Å². The van der Waals surface area contributed by atoms with Crippen molar-refractivity contribution in [3.8, 4) is 17.2 Å². The Morgan fingerprint density at radius 2 is 1.79 bits per heavy atom. The van der Waals surface area contributed by atoms with Crippen LogP contribution < -0.4 is 19.1 Å². The summed E-state index contributed by atoms with van der Waals surface area (Å²) in [7, 11) is 3.02. The van der Waals surface area contributed by atoms with Gasteiger partial charge in [0.05, 0.1) is 32.4 Å². The molecule has 1 N–H and O–H groups in total. The van der Waals surface area contributed by atoms with Crippen molar-refractivity contribution < 1.29 is 33.4 Å². The topological polar surface area (TPSA) is 111 Å². The van der Waals surface area contributed by atoms with Crippen LogP contribution in [0.3, 0.4) is 0 Å². The molecule has 9 heteroatoms. The maximum absolute atomic E-state index is 13.2. The number of ether oxygens (including phenoxy) is 3. The van der Waals surface area contributed by atoms with E-state index >= 15 is 0 Å². The zero-order chi connectivity index (χ0) is 24.4. The Morgan fingerprint density at radius 3 is 2.38 bits per heavy atom. The summed E-state index contributed by atoms with van der Waals surface area (Å²) in [6.07, 6.45) is 0. The summed E-state index contributed by atoms with van der Waals surface area (Å²) in [6, 6.07) is 12.2. The first-order chi connectivity index (χ1) is 16.4. The van der Waals surface area contributed by atoms with Gasteiger partial charge in [0, 0.05) is 11.6 Å². The molecule has 1 aliphatic heterocycles. The lowest BCUT2D eigenvalue weighted by atomic mass is 9.95. The minimum absolute atomic E-state index is 0.0815. The highest BCUT2D eigenvalue weighted by Gasteiger charge is 2.48. The number of aryl methyl sites for hydroxylation is 1. The third-order valence-corrected chi connectivity index (χ3v) is 5.47. The van der Waals surface area contributed by atoms with Gasteiger partial charge in [0.2, 0.25) is 0 Å². The fourth-order valence-corrected chi connectivity index (χ4v) is 3.88. The Bertz CT molecular complexity index is 1260. The second-order valence-electron chi connectivity index (χ2n) is 7.54. The summed E-state index contributed by atoms with van der Waals surface area (Å²) in [5, 5.41) is 15.1. The van der Waals surface area contributed by atoms with Crippen LogP contribution in [0.4, 0.5) is 5.82 Å². The van der Waals surface area contributed by atoms with E-state index in [4.69, 9.17) is 18.7 Å². The number of benzene rings is 2. The zero-order valence-electron chi connectivity index (χ0n) is 19.2. The number of anilines is 1. The molecule has 1 aliphatic rings. The van der Waals surface area contributed by atoms with Gasteiger partial charge in [0.1, 0.15) is 17.3 Å². The molecule has 1 atom stereocenters. The number of hydrogen-bond donors (Lipinski definition) is 1. The average molecular weight is 464 g/mol. The summed E-state index contributed by atoms with van der Waals surface area (Å²) in [6.45, 7) is 3.97. The fourth-order valence-electron chi connectivity index (χ4n) is 3.88. The van der Waals surface area contributed by atoms with E-state index in [2.05, 4.69) is 5.16 Å². The van der Waals surface area contributed by atoms with Gasteiger partial charge in [-0.05, 0) is 55.8 Å². The Hall–Kier alpha value is -4.27. The van der Waals surface area contributed by atoms with E-state index in [1.807, 2.05) is 6.92 Å². The van der Waals surface area contributed by atoms with Gasteiger partial charge in [-0.25, -0.2) is 0 Å². The van der Waals surface area contributed by atoms with Gasteiger partial charge in [-0.3, -0.25) is 14.5 Å². The van der Waals surface area contributed by atoms with Crippen molar-refractivity contribution in [1.29, 1.82) is 0 Å². The summed E-state index contributed by atoms with van der Waals surface area (Å²) >= 11 is 0. The van der Waals surface area contributed by atoms with Crippen molar-refractivity contribution in [3.05, 3.63) is 71.0 Å². The molecule has 2 aromatic carbocycles. The molecule has 3 aromatic rings. The molecule has 176 valence electrons. The van der Waals surface area contributed by atoms with Crippen molar-refractivity contribution in [3.63, 3.8) is 0 Å². The smallest absolute Gasteiger partial charge is 0.301 e. The molecule has 9 nitrogen and oxygen atoms in total. The Morgan fingerprint density at radius 1 is 1.06 bits per heavy atom. The highest BCUT2D eigenvalue weighted by Crippen LogP contribution is 2.44. The van der Waals surface area contributed by atoms with Crippen molar-refractivity contribution in [2.24, 2.45) is 0 Å². The van der Waals surface area contributed by atoms with Crippen LogP contribution in [0.5, 0.6) is 17.2 Å². The Labute approximate surface area is 196 Å². The standard InChI is InChI=1S/C25H24N2O7/c1-5-33-18-11-8-16(13-19(18)32-4)22-21(23(28)15-6-9-17(31-3)10-7-15)24(29)25(30)27(22)20-12-14(2)34-26-20/h6-13,22,28H,5H2,1-4H3/b23-21+/t22-/m1/s1. The zero-order valence-corrected chi connectivity index (χ0v) is 19.2. The fraction of sp³-hybridized carbons (Fsp3) is 0.240. The second-order valence-corrected chi connectivity index (χ2v) is 7.54. The molecule has 4 rings (SSSR count). The molecule has 0 saturated carbocycles. The largest absolute Gasteiger partial charge is 0.507 e. The van der Waals surface area contributed by atoms with Gasteiger partial charge in [-0.1, -0.05) is 11.2 Å². The lowest BCUT2D eigenvalue weighted by molar-refractivity contribution is -0.132. The summed E-state index contributed by atoms with van der Waals surface area (Å²) in [4.78, 5) is 27.5. The number of aromatic nitrogens is 1. The molecular weight excluding hydrogens is 440 g/mol. The van der Waals surface area contributed by atoms with Gasteiger partial charge in [0.15, 0.2) is 17.3 Å². The number of nitrogens with zero attached hydrogens (tertiary/aromatic N) is 2. The van der Waals surface area contributed by atoms with Crippen LogP contribution in [-0.4, -0.2) is 42.8 Å². The van der Waals surface area contributed by atoms with E-state index in [-0.39, 0.29) is 17.2 Å². The number of methoxy groups -OCH3 is 2. The van der Waals surface area contributed by atoms with Crippen LogP contribution in [-0.2, 0) is 9.59 Å². The van der Waals surface area contributed by atoms with E-state index in [0.29, 0.717) is 40.7 Å². The van der Waals surface area contributed by atoms with E-state index in [9.17, 15) is 14.7 Å². The number of rotatable bonds is 7. The molecule has 0 unspecified atom stereocenters. The number of amides is 1. The average Bonchev–Trinajstić information content (AvgIpc) is 3.39. The lowest BCUT2D eigenvalue weighted by Crippen LogP contribution is -2.29. The molecule has 2 heterocycles. The van der Waals surface area contributed by atoms with E-state index in [0.717, 1.165) is 0 Å². The molecule has 34 heavy (non-hydrogen) atoms. The van der Waals surface area contributed by atoms with Crippen LogP contribution >= 0.6 is 0 Å². The highest BCUT2D eigenvalue weighted by molar-refractivity contribution is 6.51. The molecule has 0 aliphatic carbocycles. The maximum atomic E-state index is 13.2. The van der Waals surface area contributed by atoms with E-state index in [1.54, 1.807) is 55.5 Å². The number of carbonyl (C=O) groups is 2. The summed E-state index contributed by atoms with van der Waals surface area (Å²) in [5.74, 6) is 0.155. The van der Waals surface area contributed by atoms with Crippen molar-refractivity contribution in [2.75, 3.05) is 25.7 Å². The number of aliphatic hydroxyl groups is 1. The van der Waals surface area contributed by atoms with Crippen LogP contribution in [0.15, 0.2) is 58.6 Å². The first-order valence-electron chi connectivity index (χ1n) is 10.6. The molecule has 1 aromatic heterocycles. The third-order valence-electron chi connectivity index (χ3n) is 5.47. The molecule has 1 amide bonds. The van der Waals surface area contributed by atoms with Gasteiger partial charge >= 0.3 is 5.91 Å². The molecule has 1 saturated heterocycles. The highest BCUT2D eigenvalue weighted by atomic mass is 16.5. The minimum Gasteiger partial charge on any atom is -0.507 e. The van der Waals surface area contributed by atoms with Crippen LogP contribution in [0.2, 0.25) is 0 Å². The summed E-state index contributed by atoms with van der Waals surface area (Å²) < 4.78 is 21.4. The maximum Gasteiger partial charge on any atom is 0.301 e. The molecule has 0 spiro atoms. The Kier molecular flexibility index (Phi) is 6.27. The predicted molar refractivity (Wildman–Crippen MR) is 123 cm³/mol. The third kappa shape index (κ3) is 3.96. The number of carbonyl (C=O) groups excluding carboxylic acids is 2. The number of ketones is 1. The Balaban J connectivity index is 1.92. The normalized spacial score (nSPS) is 17.2. The number of Topliss-reactive ketones (excluding diaryl/α,β-unsaturated/α-hetero) is 1. The van der Waals surface area contributed by atoms with E-state index in [1.165, 1.54) is 19.1 Å². The lowest BCUT2D eigenvalue weighted by Gasteiger charge is -2.23. The summed E-state index contributed by atoms with van der Waals surface area (Å²) in [5.41, 5.74) is 0.801. The quantitative estimate of drug-likeness (QED) is 0.317. The first-order valence-corrected chi connectivity index (χ1v) is 10.6. The van der Waals surface area contributed by atoms with Gasteiger partial charge in [0.25, 0.3) is 5.78 Å². The first kappa shape index (κ1) is 22.9. The van der Waals surface area contributed by atoms with Gasteiger partial charge in [-0.2, -0.15) is 0 Å². The van der Waals surface area contributed by atoms with Crippen molar-refractivity contribution >= 4 is 23.3 Å². The van der Waals surface area contributed by atoms with Crippen LogP contribution in [0.25, 0.3) is 5.76 Å². The number of aliphatic hydroxyl groups excluding tert-OH is 1. The van der Waals surface area contributed by atoms with Crippen LogP contribution in [0.1, 0.15) is 29.9 Å². The van der Waals surface area contributed by atoms with Gasteiger partial charge in [-0.15, -0.1) is 0 Å². The predicted octanol–water partition coefficient (Wildman–Crippen LogP) is 4.03. The molecule has 0 bridgehead atoms. The van der Waals surface area contributed by atoms with Crippen molar-refractivity contribution in [1.82, 2.24) is 5.16 Å². The SMILES string of the molecule is CCOc1ccc([C@@H]2/C(=C(\O)c3ccc(OC)cc3)C(=O)C(=O)N2c2cc(C)on2)cc1OC. The minimum atomic E-state index is -0.976. The molecule has 0 radical (unpaired) electrons. The van der Waals surface area contributed by atoms with E-state index < -0.39 is 17.7 Å².